The van der Waals surface area contributed by atoms with Crippen LogP contribution in [-0.2, 0) is 11.2 Å². The van der Waals surface area contributed by atoms with E-state index in [0.717, 1.165) is 22.6 Å². The number of carboxylic acid groups (broad SMARTS) is 1. The summed E-state index contributed by atoms with van der Waals surface area (Å²) >= 11 is 0. The van der Waals surface area contributed by atoms with Crippen LogP contribution in [0.4, 0.5) is 0 Å². The molecule has 0 amide bonds. The molecule has 17 heavy (non-hydrogen) atoms. The van der Waals surface area contributed by atoms with Gasteiger partial charge in [-0.25, -0.2) is 4.68 Å². The second-order valence-electron chi connectivity index (χ2n) is 3.97. The summed E-state index contributed by atoms with van der Waals surface area (Å²) in [6.45, 7) is 3.73. The van der Waals surface area contributed by atoms with Crippen LogP contribution < -0.4 is 0 Å². The van der Waals surface area contributed by atoms with E-state index in [9.17, 15) is 4.79 Å². The zero-order valence-electron chi connectivity index (χ0n) is 9.84. The molecule has 1 aromatic carbocycles. The molecule has 88 valence electrons. The maximum atomic E-state index is 10.8. The Morgan fingerprint density at radius 3 is 2.53 bits per heavy atom. The highest BCUT2D eigenvalue weighted by Crippen LogP contribution is 2.18. The summed E-state index contributed by atoms with van der Waals surface area (Å²) in [4.78, 5) is 10.8. The molecule has 0 saturated carbocycles. The lowest BCUT2D eigenvalue weighted by Crippen LogP contribution is -2.03. The number of nitrogens with zero attached hydrogens (tertiary/aromatic N) is 2. The number of carbonyl (C=O) groups is 1. The van der Waals surface area contributed by atoms with Crippen molar-refractivity contribution in [2.24, 2.45) is 0 Å². The lowest BCUT2D eigenvalue weighted by Gasteiger charge is -2.04. The minimum Gasteiger partial charge on any atom is -0.481 e. The second kappa shape index (κ2) is 4.41. The van der Waals surface area contributed by atoms with Crippen LogP contribution in [0, 0.1) is 13.8 Å². The lowest BCUT2D eigenvalue weighted by molar-refractivity contribution is -0.136. The first-order valence-corrected chi connectivity index (χ1v) is 5.42. The summed E-state index contributed by atoms with van der Waals surface area (Å²) in [7, 11) is 0. The fraction of sp³-hybridized carbons (Fsp3) is 0.231. The van der Waals surface area contributed by atoms with Gasteiger partial charge in [0.25, 0.3) is 0 Å². The molecule has 0 spiro atoms. The highest BCUT2D eigenvalue weighted by molar-refractivity contribution is 5.71. The van der Waals surface area contributed by atoms with Crippen molar-refractivity contribution in [1.29, 1.82) is 0 Å². The number of para-hydroxylation sites is 1. The Balaban J connectivity index is 2.48. The van der Waals surface area contributed by atoms with Crippen LogP contribution in [0.5, 0.6) is 0 Å². The van der Waals surface area contributed by atoms with Gasteiger partial charge in [-0.05, 0) is 26.0 Å². The third kappa shape index (κ3) is 2.20. The Kier molecular flexibility index (Phi) is 2.95. The minimum absolute atomic E-state index is 0.0184. The van der Waals surface area contributed by atoms with E-state index in [-0.39, 0.29) is 6.42 Å². The predicted octanol–water partition coefficient (Wildman–Crippen LogP) is 2.12. The van der Waals surface area contributed by atoms with E-state index < -0.39 is 5.97 Å². The fourth-order valence-electron chi connectivity index (χ4n) is 1.90. The normalized spacial score (nSPS) is 10.5. The molecule has 2 rings (SSSR count). The number of carboxylic acids is 1. The standard InChI is InChI=1S/C13H14N2O2/c1-9-12(8-13(16)17)10(2)15(14-9)11-6-4-3-5-7-11/h3-7H,8H2,1-2H3,(H,16,17). The van der Waals surface area contributed by atoms with E-state index in [2.05, 4.69) is 5.10 Å². The van der Waals surface area contributed by atoms with Gasteiger partial charge in [-0.3, -0.25) is 4.79 Å². The van der Waals surface area contributed by atoms with Crippen LogP contribution in [0.15, 0.2) is 30.3 Å². The number of hydrogen-bond acceptors (Lipinski definition) is 2. The van der Waals surface area contributed by atoms with Crippen molar-refractivity contribution in [3.05, 3.63) is 47.3 Å². The van der Waals surface area contributed by atoms with Gasteiger partial charge in [0.1, 0.15) is 0 Å². The monoisotopic (exact) mass is 230 g/mol. The molecule has 0 fully saturated rings. The quantitative estimate of drug-likeness (QED) is 0.878. The fourth-order valence-corrected chi connectivity index (χ4v) is 1.90. The average Bonchev–Trinajstić information content (AvgIpc) is 2.58. The maximum Gasteiger partial charge on any atom is 0.307 e. The second-order valence-corrected chi connectivity index (χ2v) is 3.97. The molecule has 0 aliphatic carbocycles. The van der Waals surface area contributed by atoms with Gasteiger partial charge < -0.3 is 5.11 Å². The van der Waals surface area contributed by atoms with E-state index in [1.165, 1.54) is 0 Å². The van der Waals surface area contributed by atoms with Crippen molar-refractivity contribution >= 4 is 5.97 Å². The SMILES string of the molecule is Cc1nn(-c2ccccc2)c(C)c1CC(=O)O. The van der Waals surface area contributed by atoms with Crippen LogP contribution in [0.2, 0.25) is 0 Å². The molecule has 2 aromatic rings. The van der Waals surface area contributed by atoms with Gasteiger partial charge in [0.2, 0.25) is 0 Å². The summed E-state index contributed by atoms with van der Waals surface area (Å²) < 4.78 is 1.79. The molecule has 1 N–H and O–H groups in total. The first-order chi connectivity index (χ1) is 8.09. The van der Waals surface area contributed by atoms with Gasteiger partial charge in [-0.2, -0.15) is 5.10 Å². The molecule has 0 unspecified atom stereocenters. The molecule has 0 saturated heterocycles. The Bertz CT molecular complexity index is 544. The van der Waals surface area contributed by atoms with E-state index >= 15 is 0 Å². The summed E-state index contributed by atoms with van der Waals surface area (Å²) in [5.41, 5.74) is 3.40. The number of hydrogen-bond donors (Lipinski definition) is 1. The molecule has 0 radical (unpaired) electrons. The van der Waals surface area contributed by atoms with Gasteiger partial charge in [0.15, 0.2) is 0 Å². The first-order valence-electron chi connectivity index (χ1n) is 5.42. The van der Waals surface area contributed by atoms with E-state index in [0.29, 0.717) is 0 Å². The van der Waals surface area contributed by atoms with E-state index in [4.69, 9.17) is 5.11 Å². The Hall–Kier alpha value is -2.10. The Labute approximate surface area is 99.5 Å². The molecule has 0 atom stereocenters. The minimum atomic E-state index is -0.830. The van der Waals surface area contributed by atoms with E-state index in [1.54, 1.807) is 4.68 Å². The van der Waals surface area contributed by atoms with Crippen molar-refractivity contribution in [3.8, 4) is 5.69 Å². The molecule has 1 heterocycles. The lowest BCUT2D eigenvalue weighted by atomic mass is 10.1. The molecule has 1 aromatic heterocycles. The van der Waals surface area contributed by atoms with Crippen LogP contribution in [0.1, 0.15) is 17.0 Å². The molecule has 4 nitrogen and oxygen atoms in total. The van der Waals surface area contributed by atoms with Gasteiger partial charge in [-0.15, -0.1) is 0 Å². The van der Waals surface area contributed by atoms with Gasteiger partial charge >= 0.3 is 5.97 Å². The van der Waals surface area contributed by atoms with Crippen molar-refractivity contribution < 1.29 is 9.90 Å². The van der Waals surface area contributed by atoms with Crippen molar-refractivity contribution in [3.63, 3.8) is 0 Å². The number of aromatic nitrogens is 2. The molecule has 0 aliphatic heterocycles. The molecular weight excluding hydrogens is 216 g/mol. The highest BCUT2D eigenvalue weighted by Gasteiger charge is 2.14. The third-order valence-electron chi connectivity index (χ3n) is 2.77. The number of rotatable bonds is 3. The van der Waals surface area contributed by atoms with Crippen LogP contribution in [0.3, 0.4) is 0 Å². The number of aliphatic carboxylic acids is 1. The van der Waals surface area contributed by atoms with Crippen LogP contribution in [-0.4, -0.2) is 20.9 Å². The summed E-state index contributed by atoms with van der Waals surface area (Å²) in [5, 5.41) is 13.2. The van der Waals surface area contributed by atoms with Gasteiger partial charge in [0, 0.05) is 11.3 Å². The van der Waals surface area contributed by atoms with Crippen molar-refractivity contribution in [2.75, 3.05) is 0 Å². The molecule has 4 heteroatoms. The van der Waals surface area contributed by atoms with Crippen LogP contribution >= 0.6 is 0 Å². The van der Waals surface area contributed by atoms with Crippen LogP contribution in [0.25, 0.3) is 5.69 Å². The smallest absolute Gasteiger partial charge is 0.307 e. The Morgan fingerprint density at radius 1 is 1.29 bits per heavy atom. The maximum absolute atomic E-state index is 10.8. The molecular formula is C13H14N2O2. The number of aryl methyl sites for hydroxylation is 1. The number of benzene rings is 1. The third-order valence-corrected chi connectivity index (χ3v) is 2.77. The molecule has 0 bridgehead atoms. The zero-order chi connectivity index (χ0) is 12.4. The topological polar surface area (TPSA) is 55.1 Å². The van der Waals surface area contributed by atoms with E-state index in [1.807, 2.05) is 44.2 Å². The summed E-state index contributed by atoms with van der Waals surface area (Å²) in [6, 6.07) is 9.70. The van der Waals surface area contributed by atoms with Crippen molar-refractivity contribution in [1.82, 2.24) is 9.78 Å². The van der Waals surface area contributed by atoms with Gasteiger partial charge in [-0.1, -0.05) is 18.2 Å². The zero-order valence-corrected chi connectivity index (χ0v) is 9.84. The molecule has 0 aliphatic rings. The summed E-state index contributed by atoms with van der Waals surface area (Å²) in [6.07, 6.45) is 0.0184. The average molecular weight is 230 g/mol. The first kappa shape index (κ1) is 11.4. The van der Waals surface area contributed by atoms with Crippen molar-refractivity contribution in [2.45, 2.75) is 20.3 Å². The largest absolute Gasteiger partial charge is 0.481 e. The Morgan fingerprint density at radius 2 is 1.94 bits per heavy atom. The highest BCUT2D eigenvalue weighted by atomic mass is 16.4. The van der Waals surface area contributed by atoms with Gasteiger partial charge in [0.05, 0.1) is 17.8 Å². The predicted molar refractivity (Wildman–Crippen MR) is 64.4 cm³/mol. The summed E-state index contributed by atoms with van der Waals surface area (Å²) in [5.74, 6) is -0.830.